The van der Waals surface area contributed by atoms with Crippen molar-refractivity contribution in [1.29, 1.82) is 0 Å². The van der Waals surface area contributed by atoms with Crippen LogP contribution in [0.4, 0.5) is 0 Å². The molecule has 9 heteroatoms. The van der Waals surface area contributed by atoms with Crippen LogP contribution in [0.2, 0.25) is 0 Å². The zero-order valence-electron chi connectivity index (χ0n) is 37.6. The number of nitrogens with zero attached hydrogens (tertiary/aromatic N) is 1. The number of hydrogen-bond donors (Lipinski definition) is 2. The standard InChI is InChI=1S/C47H93N2O6P/c1-6-8-10-12-14-16-18-20-21-22-23-24-25-26-27-29-31-33-35-37-39-41-47(51)48-45(44-55-56(52,53)54-43-42-49(3,4)5)46(50)40-38-36-34-32-30-28-19-17-15-13-11-9-7-2/h30,32,38,40,45-46,50H,6-29,31,33-37,39,41-44H2,1-5H3,(H-,48,51,52,53)/b32-30+,40-38+/t45-,46+/m0/s1. The molecular formula is C47H93N2O6P. The van der Waals surface area contributed by atoms with E-state index >= 15 is 0 Å². The lowest BCUT2D eigenvalue weighted by Crippen LogP contribution is -2.45. The highest BCUT2D eigenvalue weighted by molar-refractivity contribution is 7.45. The van der Waals surface area contributed by atoms with Gasteiger partial charge in [0.25, 0.3) is 7.82 Å². The van der Waals surface area contributed by atoms with Crippen molar-refractivity contribution in [2.45, 2.75) is 231 Å². The number of amides is 1. The Labute approximate surface area is 347 Å². The van der Waals surface area contributed by atoms with E-state index in [0.717, 1.165) is 38.5 Å². The van der Waals surface area contributed by atoms with Gasteiger partial charge in [-0.25, -0.2) is 0 Å². The topological polar surface area (TPSA) is 108 Å². The monoisotopic (exact) mass is 813 g/mol. The molecule has 0 heterocycles. The van der Waals surface area contributed by atoms with Crippen LogP contribution in [0.25, 0.3) is 0 Å². The van der Waals surface area contributed by atoms with Gasteiger partial charge in [0.05, 0.1) is 39.9 Å². The summed E-state index contributed by atoms with van der Waals surface area (Å²) in [6.07, 6.45) is 46.6. The normalized spacial score (nSPS) is 14.5. The lowest BCUT2D eigenvalue weighted by molar-refractivity contribution is -0.870. The number of carbonyl (C=O) groups excluding carboxylic acids is 1. The zero-order valence-corrected chi connectivity index (χ0v) is 38.5. The fourth-order valence-electron chi connectivity index (χ4n) is 6.87. The maximum atomic E-state index is 12.9. The van der Waals surface area contributed by atoms with Crippen LogP contribution in [-0.4, -0.2) is 68.5 Å². The van der Waals surface area contributed by atoms with Gasteiger partial charge in [0.15, 0.2) is 0 Å². The van der Waals surface area contributed by atoms with Gasteiger partial charge in [-0.05, 0) is 32.1 Å². The van der Waals surface area contributed by atoms with E-state index in [2.05, 4.69) is 31.3 Å². The molecule has 0 rings (SSSR count). The molecule has 1 unspecified atom stereocenters. The molecule has 0 saturated carbocycles. The molecule has 332 valence electrons. The van der Waals surface area contributed by atoms with Crippen LogP contribution in [0.5, 0.6) is 0 Å². The molecule has 0 radical (unpaired) electrons. The third-order valence-corrected chi connectivity index (χ3v) is 11.6. The second-order valence-corrected chi connectivity index (χ2v) is 18.9. The molecule has 56 heavy (non-hydrogen) atoms. The van der Waals surface area contributed by atoms with Crippen LogP contribution in [0.15, 0.2) is 24.3 Å². The minimum atomic E-state index is -4.59. The van der Waals surface area contributed by atoms with Crippen molar-refractivity contribution >= 4 is 13.7 Å². The first-order valence-electron chi connectivity index (χ1n) is 23.7. The van der Waals surface area contributed by atoms with Gasteiger partial charge in [0.1, 0.15) is 13.2 Å². The van der Waals surface area contributed by atoms with Crippen molar-refractivity contribution in [2.75, 3.05) is 40.9 Å². The molecule has 0 bridgehead atoms. The fraction of sp³-hybridized carbons (Fsp3) is 0.894. The number of likely N-dealkylation sites (N-methyl/N-ethyl adjacent to an activating group) is 1. The Hall–Kier alpha value is -1.02. The van der Waals surface area contributed by atoms with Gasteiger partial charge in [0, 0.05) is 6.42 Å². The molecule has 8 nitrogen and oxygen atoms in total. The van der Waals surface area contributed by atoms with Crippen molar-refractivity contribution < 1.29 is 32.9 Å². The predicted molar refractivity (Wildman–Crippen MR) is 238 cm³/mol. The molecule has 0 aromatic rings. The molecule has 3 atom stereocenters. The van der Waals surface area contributed by atoms with Crippen molar-refractivity contribution in [3.8, 4) is 0 Å². The highest BCUT2D eigenvalue weighted by Gasteiger charge is 2.23. The van der Waals surface area contributed by atoms with E-state index in [1.807, 2.05) is 27.2 Å². The first-order chi connectivity index (χ1) is 27.0. The molecule has 2 N–H and O–H groups in total. The number of phosphoric ester groups is 1. The maximum Gasteiger partial charge on any atom is 0.268 e. The van der Waals surface area contributed by atoms with Crippen LogP contribution in [0.1, 0.15) is 219 Å². The Bertz CT molecular complexity index is 969. The number of hydrogen-bond acceptors (Lipinski definition) is 6. The molecule has 0 spiro atoms. The number of carbonyl (C=O) groups is 1. The number of allylic oxidation sites excluding steroid dienone is 3. The van der Waals surface area contributed by atoms with Gasteiger partial charge >= 0.3 is 0 Å². The quantitative estimate of drug-likeness (QED) is 0.0275. The highest BCUT2D eigenvalue weighted by Crippen LogP contribution is 2.38. The SMILES string of the molecule is CCCCCCCCC/C=C/CC/C=C/[C@@H](O)[C@H](COP(=O)([O-])OCC[N+](C)(C)C)NC(=O)CCCCCCCCCCCCCCCCCCCCCCC. The predicted octanol–water partition coefficient (Wildman–Crippen LogP) is 12.7. The van der Waals surface area contributed by atoms with Crippen LogP contribution in [0.3, 0.4) is 0 Å². The molecule has 0 aliphatic heterocycles. The average Bonchev–Trinajstić information content (AvgIpc) is 3.15. The Balaban J connectivity index is 4.31. The third kappa shape index (κ3) is 41.2. The number of nitrogens with one attached hydrogen (secondary N) is 1. The van der Waals surface area contributed by atoms with Crippen molar-refractivity contribution in [3.05, 3.63) is 24.3 Å². The average molecular weight is 813 g/mol. The number of rotatable bonds is 43. The molecule has 0 fully saturated rings. The second kappa shape index (κ2) is 39.4. The van der Waals surface area contributed by atoms with Gasteiger partial charge in [-0.1, -0.05) is 205 Å². The molecule has 1 amide bonds. The summed E-state index contributed by atoms with van der Waals surface area (Å²) in [6.45, 7) is 4.63. The number of unbranched alkanes of at least 4 members (excludes halogenated alkanes) is 28. The Morgan fingerprint density at radius 3 is 1.45 bits per heavy atom. The smallest absolute Gasteiger partial charge is 0.268 e. The minimum Gasteiger partial charge on any atom is -0.756 e. The fourth-order valence-corrected chi connectivity index (χ4v) is 7.60. The summed E-state index contributed by atoms with van der Waals surface area (Å²) in [5.41, 5.74) is 0. The summed E-state index contributed by atoms with van der Waals surface area (Å²) in [4.78, 5) is 25.3. The molecule has 0 aromatic carbocycles. The van der Waals surface area contributed by atoms with Crippen LogP contribution >= 0.6 is 7.82 Å². The summed E-state index contributed by atoms with van der Waals surface area (Å²) >= 11 is 0. The summed E-state index contributed by atoms with van der Waals surface area (Å²) in [5, 5.41) is 13.8. The highest BCUT2D eigenvalue weighted by atomic mass is 31.2. The number of aliphatic hydroxyl groups is 1. The van der Waals surface area contributed by atoms with E-state index in [0.29, 0.717) is 17.4 Å². The summed E-state index contributed by atoms with van der Waals surface area (Å²) < 4.78 is 23.2. The largest absolute Gasteiger partial charge is 0.756 e. The maximum absolute atomic E-state index is 12.9. The van der Waals surface area contributed by atoms with Gasteiger partial charge in [-0.2, -0.15) is 0 Å². The first kappa shape index (κ1) is 55.0. The Kier molecular flexibility index (Phi) is 38.7. The van der Waals surface area contributed by atoms with Gasteiger partial charge in [0.2, 0.25) is 5.91 Å². The number of quaternary nitrogens is 1. The van der Waals surface area contributed by atoms with Crippen LogP contribution in [0, 0.1) is 0 Å². The van der Waals surface area contributed by atoms with E-state index in [1.165, 1.54) is 161 Å². The minimum absolute atomic E-state index is 0.00425. The third-order valence-electron chi connectivity index (χ3n) is 10.7. The van der Waals surface area contributed by atoms with Crippen molar-refractivity contribution in [3.63, 3.8) is 0 Å². The van der Waals surface area contributed by atoms with Crippen LogP contribution < -0.4 is 10.2 Å². The second-order valence-electron chi connectivity index (χ2n) is 17.5. The molecule has 0 aliphatic rings. The van der Waals surface area contributed by atoms with Crippen LogP contribution in [-0.2, 0) is 18.4 Å². The van der Waals surface area contributed by atoms with E-state index in [4.69, 9.17) is 9.05 Å². The van der Waals surface area contributed by atoms with Gasteiger partial charge in [-0.3, -0.25) is 9.36 Å². The van der Waals surface area contributed by atoms with Crippen molar-refractivity contribution in [1.82, 2.24) is 5.32 Å². The molecule has 0 saturated heterocycles. The van der Waals surface area contributed by atoms with Crippen molar-refractivity contribution in [2.24, 2.45) is 0 Å². The van der Waals surface area contributed by atoms with Gasteiger partial charge in [-0.15, -0.1) is 0 Å². The summed E-state index contributed by atoms with van der Waals surface area (Å²) in [5.74, 6) is -0.205. The molecule has 0 aliphatic carbocycles. The zero-order chi connectivity index (χ0) is 41.4. The van der Waals surface area contributed by atoms with E-state index in [1.54, 1.807) is 6.08 Å². The van der Waals surface area contributed by atoms with E-state index < -0.39 is 20.0 Å². The summed E-state index contributed by atoms with van der Waals surface area (Å²) in [6, 6.07) is -0.897. The first-order valence-corrected chi connectivity index (χ1v) is 25.2. The number of aliphatic hydroxyl groups excluding tert-OH is 1. The number of phosphoric acid groups is 1. The van der Waals surface area contributed by atoms with Gasteiger partial charge < -0.3 is 28.8 Å². The lowest BCUT2D eigenvalue weighted by atomic mass is 10.0. The van der Waals surface area contributed by atoms with E-state index in [9.17, 15) is 19.4 Å². The Morgan fingerprint density at radius 2 is 1.00 bits per heavy atom. The lowest BCUT2D eigenvalue weighted by Gasteiger charge is -2.29. The van der Waals surface area contributed by atoms with E-state index in [-0.39, 0.29) is 19.1 Å². The Morgan fingerprint density at radius 1 is 0.607 bits per heavy atom. The summed E-state index contributed by atoms with van der Waals surface area (Å²) in [7, 11) is 1.25. The molecule has 0 aromatic heterocycles. The molecular weight excluding hydrogens is 719 g/mol.